The maximum atomic E-state index is 13.1. The molecule has 4 unspecified atom stereocenters. The summed E-state index contributed by atoms with van der Waals surface area (Å²) in [6.45, 7) is 22.9. The van der Waals surface area contributed by atoms with Crippen LogP contribution >= 0.6 is 7.67 Å². The zero-order chi connectivity index (χ0) is 55.6. The molecule has 4 aromatic rings. The van der Waals surface area contributed by atoms with Crippen LogP contribution in [0.2, 0.25) is 0 Å². The van der Waals surface area contributed by atoms with Crippen LogP contribution in [0.15, 0.2) is 61.7 Å². The summed E-state index contributed by atoms with van der Waals surface area (Å²) in [5.74, 6) is -19.6. The number of benzene rings is 4. The summed E-state index contributed by atoms with van der Waals surface area (Å²) in [5, 5.41) is 18.8. The summed E-state index contributed by atoms with van der Waals surface area (Å²) in [5.41, 5.74) is -5.98. The molecule has 0 heterocycles. The van der Waals surface area contributed by atoms with E-state index in [0.29, 0.717) is 24.0 Å². The van der Waals surface area contributed by atoms with Crippen molar-refractivity contribution in [1.29, 1.82) is 4.35 Å². The zero-order valence-electron chi connectivity index (χ0n) is 39.6. The Morgan fingerprint density at radius 2 is 0.814 bits per heavy atom. The van der Waals surface area contributed by atoms with Gasteiger partial charge < -0.3 is 10.2 Å². The van der Waals surface area contributed by atoms with Crippen molar-refractivity contribution < 1.29 is 84.7 Å². The van der Waals surface area contributed by atoms with E-state index in [2.05, 4.69) is 25.0 Å². The van der Waals surface area contributed by atoms with Gasteiger partial charge in [-0.1, -0.05) is 129 Å². The third kappa shape index (κ3) is 21.0. The summed E-state index contributed by atoms with van der Waals surface area (Å²) in [4.78, 5) is 0. The minimum atomic E-state index is -4.68. The van der Waals surface area contributed by atoms with Crippen LogP contribution in [0.5, 0.6) is 0 Å². The molecule has 0 aliphatic heterocycles. The average molecular weight is 1080 g/mol. The number of halogens is 17. The first kappa shape index (κ1) is 74.9. The van der Waals surface area contributed by atoms with Gasteiger partial charge in [-0.3, -0.25) is 0 Å². The van der Waals surface area contributed by atoms with E-state index in [1.54, 1.807) is 35.2 Å². The van der Waals surface area contributed by atoms with Crippen molar-refractivity contribution in [3.8, 4) is 0 Å². The normalized spacial score (nSPS) is 12.9. The van der Waals surface area contributed by atoms with Crippen molar-refractivity contribution in [3.63, 3.8) is 0 Å². The molecule has 0 aromatic heterocycles. The zero-order valence-corrected chi connectivity index (χ0v) is 42.5. The van der Waals surface area contributed by atoms with Gasteiger partial charge in [-0.2, -0.15) is 30.5 Å². The van der Waals surface area contributed by atoms with Crippen molar-refractivity contribution in [1.82, 2.24) is 0 Å². The first-order valence-electron chi connectivity index (χ1n) is 20.1. The van der Waals surface area contributed by atoms with Gasteiger partial charge in [-0.05, 0) is 72.6 Å². The van der Waals surface area contributed by atoms with Crippen LogP contribution < -0.4 is 0 Å². The van der Waals surface area contributed by atoms with E-state index in [0.717, 1.165) is 25.8 Å². The number of nitrogens with one attached hydrogen (secondary N) is 1. The standard InChI is InChI=1S/C13H17F3O.C11H11F3O.C10H9F5.C8H3F5.2C2H6.Al.B.FPS.HN/c1-4-9(2)10-5-7-11(8-6-10)12(3,17)13(14,15)16;1-3-8-4-6-9(7-5-8)10(2,15)11(12,13)14;1-3-4(2)5-6(11)8(13)10(15)9(14)7(5)12;1-2-3-4(9)6(11)8(13)7(12)5(3)10;2*1-2;;;1-2-3;/h5-9,17H,4H2,1-3H3;3-7,15H,1H2,2H3;4H,3H2,1-2H3;2H,1H2;2*1-2H3;;;;1H. The Morgan fingerprint density at radius 3 is 1.06 bits per heavy atom. The van der Waals surface area contributed by atoms with E-state index >= 15 is 0 Å². The van der Waals surface area contributed by atoms with Gasteiger partial charge in [0, 0.05) is 14.0 Å². The van der Waals surface area contributed by atoms with Gasteiger partial charge in [-0.15, -0.1) is 0 Å². The Kier molecular flexibility index (Phi) is 37.7. The Hall–Kier alpha value is -3.99. The van der Waals surface area contributed by atoms with Crippen LogP contribution in [-0.2, 0) is 23.0 Å². The van der Waals surface area contributed by atoms with Gasteiger partial charge in [-0.25, -0.2) is 43.9 Å². The summed E-state index contributed by atoms with van der Waals surface area (Å²) in [7, 11) is -0.500. The van der Waals surface area contributed by atoms with E-state index in [-0.39, 0.29) is 19.5 Å². The molecule has 0 saturated heterocycles. The van der Waals surface area contributed by atoms with Gasteiger partial charge >= 0.3 is 32.8 Å². The fraction of sp³-hybridized carbons (Fsp3) is 0.391. The molecule has 4 atom stereocenters. The first-order valence-corrected chi connectivity index (χ1v) is 22.5. The van der Waals surface area contributed by atoms with Gasteiger partial charge in [0.05, 0.1) is 5.56 Å². The molecule has 0 amide bonds. The monoisotopic (exact) mass is 1080 g/mol. The number of aliphatic hydroxyl groups is 2. The van der Waals surface area contributed by atoms with Crippen LogP contribution in [0.25, 0.3) is 12.2 Å². The molecule has 0 aliphatic carbocycles. The second kappa shape index (κ2) is 35.2. The third-order valence-corrected chi connectivity index (χ3v) is 9.26. The molecule has 3 N–H and O–H groups in total. The Bertz CT molecular complexity index is 2120. The molecular weight excluding hydrogens is 1020 g/mol. The van der Waals surface area contributed by atoms with Crippen molar-refractivity contribution in [3.05, 3.63) is 153 Å². The van der Waals surface area contributed by atoms with Crippen LogP contribution in [0.4, 0.5) is 74.4 Å². The SMILES string of the molecule is C=Cc1c(F)c(F)c(F)c(F)c1F.C=Cc1ccc(C(C)(O)C(F)(F)F)cc1.CC.CC.CCC(C)c1c(F)c(F)c(F)c(F)c1F.CCC(C)c1ccc(C(C)(O)C(F)(F)F)cc1.FP=S.[B].[NH]=[Al]. The Labute approximate surface area is 414 Å². The maximum absolute atomic E-state index is 13.1. The van der Waals surface area contributed by atoms with Crippen LogP contribution in [-0.4, -0.2) is 47.1 Å². The molecule has 390 valence electrons. The summed E-state index contributed by atoms with van der Waals surface area (Å²) in [6, 6.07) is 11.4. The van der Waals surface area contributed by atoms with E-state index < -0.39 is 106 Å². The van der Waals surface area contributed by atoms with E-state index in [1.807, 2.05) is 41.5 Å². The molecule has 4 radical (unpaired) electrons. The topological polar surface area (TPSA) is 64.3 Å². The fourth-order valence-corrected chi connectivity index (χ4v) is 4.70. The van der Waals surface area contributed by atoms with Gasteiger partial charge in [0.25, 0.3) is 0 Å². The molecule has 0 spiro atoms. The summed E-state index contributed by atoms with van der Waals surface area (Å²) >= 11 is 5.37. The Morgan fingerprint density at radius 1 is 0.557 bits per heavy atom. The molecule has 3 nitrogen and oxygen atoms in total. The predicted molar refractivity (Wildman–Crippen MR) is 247 cm³/mol. The number of hydrogen-bond acceptors (Lipinski definition) is 4. The molecule has 0 saturated carbocycles. The van der Waals surface area contributed by atoms with Gasteiger partial charge in [0.2, 0.25) is 11.6 Å². The molecule has 4 aromatic carbocycles. The average Bonchev–Trinajstić information content (AvgIpc) is 3.33. The van der Waals surface area contributed by atoms with Crippen LogP contribution in [0.3, 0.4) is 0 Å². The summed E-state index contributed by atoms with van der Waals surface area (Å²) in [6.07, 6.45) is -6.04. The van der Waals surface area contributed by atoms with Crippen molar-refractivity contribution in [2.45, 2.75) is 117 Å². The summed E-state index contributed by atoms with van der Waals surface area (Å²) < 4.78 is 218. The minimum absolute atomic E-state index is 0. The van der Waals surface area contributed by atoms with Crippen LogP contribution in [0, 0.1) is 62.5 Å². The molecular formula is C46H53AlBF17NO2PS. The molecule has 0 bridgehead atoms. The van der Waals surface area contributed by atoms with Gasteiger partial charge in [0.1, 0.15) is 0 Å². The number of hydrogen-bond donors (Lipinski definition) is 3. The number of rotatable bonds is 8. The van der Waals surface area contributed by atoms with Crippen molar-refractivity contribution >= 4 is 56.1 Å². The fourth-order valence-electron chi connectivity index (χ4n) is 4.70. The van der Waals surface area contributed by atoms with Crippen molar-refractivity contribution in [2.24, 2.45) is 0 Å². The van der Waals surface area contributed by atoms with Gasteiger partial charge in [0.15, 0.2) is 65.4 Å². The predicted octanol–water partition coefficient (Wildman–Crippen LogP) is 16.9. The van der Waals surface area contributed by atoms with E-state index in [1.165, 1.54) is 49.4 Å². The Balaban J connectivity index is -0.000000253. The molecule has 24 heteroatoms. The third-order valence-electron chi connectivity index (χ3n) is 9.26. The second-order valence-corrected chi connectivity index (χ2v) is 14.0. The van der Waals surface area contributed by atoms with E-state index in [9.17, 15) is 84.7 Å². The molecule has 4 rings (SSSR count). The number of alkyl halides is 6. The quantitative estimate of drug-likeness (QED) is 0.0542. The first-order chi connectivity index (χ1) is 31.8. The molecule has 70 heavy (non-hydrogen) atoms. The van der Waals surface area contributed by atoms with E-state index in [4.69, 9.17) is 4.35 Å². The molecule has 0 aliphatic rings. The second-order valence-electron chi connectivity index (χ2n) is 13.4. The van der Waals surface area contributed by atoms with Crippen molar-refractivity contribution in [2.75, 3.05) is 0 Å². The van der Waals surface area contributed by atoms with Crippen LogP contribution in [0.1, 0.15) is 127 Å². The molecule has 0 fully saturated rings.